The van der Waals surface area contributed by atoms with Gasteiger partial charge in [-0.25, -0.2) is 4.98 Å². The number of nitrogens with zero attached hydrogens (tertiary/aromatic N) is 4. The van der Waals surface area contributed by atoms with Gasteiger partial charge in [-0.05, 0) is 0 Å². The lowest BCUT2D eigenvalue weighted by Gasteiger charge is -2.33. The zero-order valence-corrected chi connectivity index (χ0v) is 10.9. The third kappa shape index (κ3) is 3.16. The first-order valence-electron chi connectivity index (χ1n) is 6.15. The van der Waals surface area contributed by atoms with E-state index in [1.54, 1.807) is 19.3 Å². The normalized spacial score (nSPS) is 16.7. The monoisotopic (exact) mass is 249 g/mol. The Kier molecular flexibility index (Phi) is 4.09. The minimum absolute atomic E-state index is 0.160. The van der Waals surface area contributed by atoms with Gasteiger partial charge in [0.1, 0.15) is 5.82 Å². The largest absolute Gasteiger partial charge is 0.372 e. The fourth-order valence-corrected chi connectivity index (χ4v) is 2.02. The van der Waals surface area contributed by atoms with Gasteiger partial charge in [0.25, 0.3) is 0 Å². The molecule has 0 saturated carbocycles. The second-order valence-corrected chi connectivity index (χ2v) is 4.43. The zero-order valence-electron chi connectivity index (χ0n) is 10.9. The van der Waals surface area contributed by atoms with Crippen LogP contribution in [0.25, 0.3) is 0 Å². The molecule has 6 nitrogen and oxygen atoms in total. The summed E-state index contributed by atoms with van der Waals surface area (Å²) in [4.78, 5) is 24.0. The van der Waals surface area contributed by atoms with Crippen molar-refractivity contribution in [2.24, 2.45) is 0 Å². The predicted molar refractivity (Wildman–Crippen MR) is 69.1 cm³/mol. The number of nitrogens with one attached hydrogen (secondary N) is 1. The third-order valence-corrected chi connectivity index (χ3v) is 3.16. The predicted octanol–water partition coefficient (Wildman–Crippen LogP) is 0.182. The van der Waals surface area contributed by atoms with Crippen LogP contribution in [-0.2, 0) is 11.3 Å². The minimum atomic E-state index is 0.160. The summed E-state index contributed by atoms with van der Waals surface area (Å²) in [6, 6.07) is 0. The highest BCUT2D eigenvalue weighted by Gasteiger charge is 2.18. The standard InChI is InChI=1S/C12H19N5O/c1-10(18)17-5-3-16(4-6-17)9-11-7-15-12(13-2)8-14-11/h7-8H,3-6,9H2,1-2H3,(H,13,15). The maximum Gasteiger partial charge on any atom is 0.219 e. The van der Waals surface area contributed by atoms with E-state index in [9.17, 15) is 4.79 Å². The fraction of sp³-hybridized carbons (Fsp3) is 0.583. The summed E-state index contributed by atoms with van der Waals surface area (Å²) in [5, 5.41) is 2.94. The molecule has 1 fully saturated rings. The van der Waals surface area contributed by atoms with E-state index in [2.05, 4.69) is 20.2 Å². The molecule has 2 heterocycles. The van der Waals surface area contributed by atoms with Crippen LogP contribution in [0.2, 0.25) is 0 Å². The Hall–Kier alpha value is -1.69. The molecule has 6 heteroatoms. The van der Waals surface area contributed by atoms with Gasteiger partial charge < -0.3 is 10.2 Å². The molecule has 0 atom stereocenters. The number of amides is 1. The van der Waals surface area contributed by atoms with E-state index in [0.717, 1.165) is 44.2 Å². The minimum Gasteiger partial charge on any atom is -0.372 e. The van der Waals surface area contributed by atoms with Crippen LogP contribution >= 0.6 is 0 Å². The van der Waals surface area contributed by atoms with Gasteiger partial charge in [-0.15, -0.1) is 0 Å². The quantitative estimate of drug-likeness (QED) is 0.828. The van der Waals surface area contributed by atoms with Crippen molar-refractivity contribution < 1.29 is 4.79 Å². The average Bonchev–Trinajstić information content (AvgIpc) is 2.40. The smallest absolute Gasteiger partial charge is 0.219 e. The molecule has 1 aromatic rings. The molecule has 0 unspecified atom stereocenters. The average molecular weight is 249 g/mol. The van der Waals surface area contributed by atoms with Gasteiger partial charge in [-0.2, -0.15) is 0 Å². The van der Waals surface area contributed by atoms with Crippen molar-refractivity contribution in [3.8, 4) is 0 Å². The summed E-state index contributed by atoms with van der Waals surface area (Å²) >= 11 is 0. The molecule has 0 aromatic carbocycles. The molecule has 1 aromatic heterocycles. The van der Waals surface area contributed by atoms with Crippen LogP contribution in [0.5, 0.6) is 0 Å². The van der Waals surface area contributed by atoms with Crippen molar-refractivity contribution >= 4 is 11.7 Å². The molecule has 1 aliphatic rings. The third-order valence-electron chi connectivity index (χ3n) is 3.16. The first-order chi connectivity index (χ1) is 8.69. The first kappa shape index (κ1) is 12.8. The molecule has 0 bridgehead atoms. The molecular weight excluding hydrogens is 230 g/mol. The number of anilines is 1. The Balaban J connectivity index is 1.85. The van der Waals surface area contributed by atoms with E-state index in [-0.39, 0.29) is 5.91 Å². The van der Waals surface area contributed by atoms with Gasteiger partial charge >= 0.3 is 0 Å². The molecule has 0 radical (unpaired) electrons. The maximum atomic E-state index is 11.2. The van der Waals surface area contributed by atoms with E-state index in [1.807, 2.05) is 11.9 Å². The van der Waals surface area contributed by atoms with Crippen molar-refractivity contribution in [2.45, 2.75) is 13.5 Å². The summed E-state index contributed by atoms with van der Waals surface area (Å²) in [7, 11) is 1.82. The number of hydrogen-bond acceptors (Lipinski definition) is 5. The first-order valence-corrected chi connectivity index (χ1v) is 6.15. The number of rotatable bonds is 3. The van der Waals surface area contributed by atoms with Gasteiger partial charge in [0, 0.05) is 46.7 Å². The summed E-state index contributed by atoms with van der Waals surface area (Å²) < 4.78 is 0. The van der Waals surface area contributed by atoms with Crippen molar-refractivity contribution in [3.05, 3.63) is 18.1 Å². The Morgan fingerprint density at radius 1 is 1.28 bits per heavy atom. The number of carbonyl (C=O) groups excluding carboxylic acids is 1. The highest BCUT2D eigenvalue weighted by molar-refractivity contribution is 5.73. The van der Waals surface area contributed by atoms with Gasteiger partial charge in [0.05, 0.1) is 18.1 Å². The van der Waals surface area contributed by atoms with Crippen LogP contribution in [0.4, 0.5) is 5.82 Å². The van der Waals surface area contributed by atoms with E-state index in [1.165, 1.54) is 0 Å². The van der Waals surface area contributed by atoms with Crippen molar-refractivity contribution in [2.75, 3.05) is 38.5 Å². The van der Waals surface area contributed by atoms with E-state index >= 15 is 0 Å². The molecular formula is C12H19N5O. The Labute approximate surface area is 107 Å². The molecule has 1 amide bonds. The fourth-order valence-electron chi connectivity index (χ4n) is 2.02. The van der Waals surface area contributed by atoms with Crippen LogP contribution in [0.1, 0.15) is 12.6 Å². The molecule has 2 rings (SSSR count). The van der Waals surface area contributed by atoms with E-state index < -0.39 is 0 Å². The molecule has 0 spiro atoms. The Bertz CT molecular complexity index is 397. The van der Waals surface area contributed by atoms with E-state index in [0.29, 0.717) is 0 Å². The maximum absolute atomic E-state index is 11.2. The molecule has 18 heavy (non-hydrogen) atoms. The van der Waals surface area contributed by atoms with Gasteiger partial charge in [-0.1, -0.05) is 0 Å². The zero-order chi connectivity index (χ0) is 13.0. The van der Waals surface area contributed by atoms with Crippen LogP contribution in [0.3, 0.4) is 0 Å². The lowest BCUT2D eigenvalue weighted by molar-refractivity contribution is -0.130. The van der Waals surface area contributed by atoms with E-state index in [4.69, 9.17) is 0 Å². The number of piperazine rings is 1. The van der Waals surface area contributed by atoms with Gasteiger partial charge in [-0.3, -0.25) is 14.7 Å². The molecule has 1 N–H and O–H groups in total. The lowest BCUT2D eigenvalue weighted by Crippen LogP contribution is -2.47. The van der Waals surface area contributed by atoms with Gasteiger partial charge in [0.2, 0.25) is 5.91 Å². The second-order valence-electron chi connectivity index (χ2n) is 4.43. The molecule has 0 aliphatic carbocycles. The highest BCUT2D eigenvalue weighted by Crippen LogP contribution is 2.07. The van der Waals surface area contributed by atoms with Crippen LogP contribution in [-0.4, -0.2) is 58.9 Å². The van der Waals surface area contributed by atoms with Crippen LogP contribution < -0.4 is 5.32 Å². The van der Waals surface area contributed by atoms with Crippen molar-refractivity contribution in [1.82, 2.24) is 19.8 Å². The van der Waals surface area contributed by atoms with Crippen LogP contribution in [0, 0.1) is 0 Å². The second kappa shape index (κ2) is 5.77. The Morgan fingerprint density at radius 3 is 2.50 bits per heavy atom. The number of hydrogen-bond donors (Lipinski definition) is 1. The molecule has 1 aliphatic heterocycles. The van der Waals surface area contributed by atoms with Crippen molar-refractivity contribution in [1.29, 1.82) is 0 Å². The highest BCUT2D eigenvalue weighted by atomic mass is 16.2. The number of carbonyl (C=O) groups is 1. The molecule has 1 saturated heterocycles. The summed E-state index contributed by atoms with van der Waals surface area (Å²) in [5.74, 6) is 0.938. The Morgan fingerprint density at radius 2 is 2.00 bits per heavy atom. The van der Waals surface area contributed by atoms with Crippen molar-refractivity contribution in [3.63, 3.8) is 0 Å². The lowest BCUT2D eigenvalue weighted by atomic mass is 10.3. The summed E-state index contributed by atoms with van der Waals surface area (Å²) in [6.07, 6.45) is 3.53. The summed E-state index contributed by atoms with van der Waals surface area (Å²) in [6.45, 7) is 5.82. The summed E-state index contributed by atoms with van der Waals surface area (Å²) in [5.41, 5.74) is 0.963. The number of aromatic nitrogens is 2. The SMILES string of the molecule is CNc1cnc(CN2CCN(C(C)=O)CC2)cn1. The van der Waals surface area contributed by atoms with Gasteiger partial charge in [0.15, 0.2) is 0 Å². The van der Waals surface area contributed by atoms with Crippen LogP contribution in [0.15, 0.2) is 12.4 Å². The molecule has 98 valence electrons. The topological polar surface area (TPSA) is 61.4 Å².